The van der Waals surface area contributed by atoms with Gasteiger partial charge in [0.2, 0.25) is 0 Å². The van der Waals surface area contributed by atoms with Crippen molar-refractivity contribution in [2.24, 2.45) is 7.05 Å². The zero-order chi connectivity index (χ0) is 15.1. The van der Waals surface area contributed by atoms with Gasteiger partial charge in [0, 0.05) is 37.5 Å². The van der Waals surface area contributed by atoms with Crippen molar-refractivity contribution < 1.29 is 4.74 Å². The van der Waals surface area contributed by atoms with E-state index in [0.29, 0.717) is 6.61 Å². The maximum atomic E-state index is 5.78. The van der Waals surface area contributed by atoms with Crippen LogP contribution in [-0.4, -0.2) is 22.7 Å². The molecule has 0 saturated heterocycles. The van der Waals surface area contributed by atoms with E-state index in [4.69, 9.17) is 4.74 Å². The van der Waals surface area contributed by atoms with Gasteiger partial charge in [-0.1, -0.05) is 25.1 Å². The van der Waals surface area contributed by atoms with E-state index in [1.54, 1.807) is 0 Å². The second kappa shape index (κ2) is 7.84. The summed E-state index contributed by atoms with van der Waals surface area (Å²) >= 11 is 0. The van der Waals surface area contributed by atoms with E-state index in [1.165, 1.54) is 5.56 Å². The first-order valence-electron chi connectivity index (χ1n) is 7.67. The molecule has 114 valence electrons. The average molecular weight is 287 g/mol. The Kier molecular flexibility index (Phi) is 5.81. The molecule has 1 N–H and O–H groups in total. The summed E-state index contributed by atoms with van der Waals surface area (Å²) in [4.78, 5) is 4.45. The monoisotopic (exact) mass is 287 g/mol. The van der Waals surface area contributed by atoms with Crippen LogP contribution in [-0.2, 0) is 13.5 Å². The van der Waals surface area contributed by atoms with E-state index in [9.17, 15) is 0 Å². The van der Waals surface area contributed by atoms with Gasteiger partial charge in [0.15, 0.2) is 0 Å². The summed E-state index contributed by atoms with van der Waals surface area (Å²) < 4.78 is 7.85. The highest BCUT2D eigenvalue weighted by Gasteiger charge is 2.17. The normalized spacial score (nSPS) is 12.3. The lowest BCUT2D eigenvalue weighted by Gasteiger charge is -2.21. The number of hydrogen-bond acceptors (Lipinski definition) is 3. The molecule has 0 spiro atoms. The van der Waals surface area contributed by atoms with Crippen LogP contribution in [0.1, 0.15) is 37.7 Å². The summed E-state index contributed by atoms with van der Waals surface area (Å²) in [6, 6.07) is 8.48. The van der Waals surface area contributed by atoms with E-state index < -0.39 is 0 Å². The Morgan fingerprint density at radius 3 is 2.76 bits per heavy atom. The zero-order valence-corrected chi connectivity index (χ0v) is 13.2. The lowest BCUT2D eigenvalue weighted by Crippen LogP contribution is -2.25. The summed E-state index contributed by atoms with van der Waals surface area (Å²) in [5, 5.41) is 3.62. The number of aryl methyl sites for hydroxylation is 1. The first-order chi connectivity index (χ1) is 10.3. The van der Waals surface area contributed by atoms with Crippen LogP contribution in [0, 0.1) is 0 Å². The Hall–Kier alpha value is -1.81. The molecule has 0 fully saturated rings. The van der Waals surface area contributed by atoms with Gasteiger partial charge in [-0.2, -0.15) is 0 Å². The van der Waals surface area contributed by atoms with E-state index in [0.717, 1.165) is 31.0 Å². The lowest BCUT2D eigenvalue weighted by molar-refractivity contribution is 0.330. The van der Waals surface area contributed by atoms with Crippen molar-refractivity contribution >= 4 is 0 Å². The predicted molar refractivity (Wildman–Crippen MR) is 85.6 cm³/mol. The van der Waals surface area contributed by atoms with Crippen LogP contribution >= 0.6 is 0 Å². The molecule has 21 heavy (non-hydrogen) atoms. The van der Waals surface area contributed by atoms with Crippen LogP contribution in [0.3, 0.4) is 0 Å². The molecule has 2 rings (SSSR count). The maximum Gasteiger partial charge on any atom is 0.124 e. The van der Waals surface area contributed by atoms with Crippen LogP contribution in [0.15, 0.2) is 36.7 Å². The average Bonchev–Trinajstić information content (AvgIpc) is 2.90. The van der Waals surface area contributed by atoms with Crippen molar-refractivity contribution in [3.05, 3.63) is 48.0 Å². The number of nitrogens with zero attached hydrogens (tertiary/aromatic N) is 2. The molecule has 4 nitrogen and oxygen atoms in total. The quantitative estimate of drug-likeness (QED) is 0.811. The van der Waals surface area contributed by atoms with Gasteiger partial charge >= 0.3 is 0 Å². The standard InChI is InChI=1S/C17H25N3O/c1-4-10-18-15(13-17-19-11-12-20(17)3)14-8-6-7-9-16(14)21-5-2/h6-9,11-12,15,18H,4-5,10,13H2,1-3H3. The van der Waals surface area contributed by atoms with Gasteiger partial charge in [-0.25, -0.2) is 4.98 Å². The minimum Gasteiger partial charge on any atom is -0.494 e. The van der Waals surface area contributed by atoms with E-state index >= 15 is 0 Å². The SMILES string of the molecule is CCCNC(Cc1nccn1C)c1ccccc1OCC. The fourth-order valence-electron chi connectivity index (χ4n) is 2.44. The number of hydrogen-bond donors (Lipinski definition) is 1. The Labute approximate surface area is 127 Å². The van der Waals surface area contributed by atoms with Crippen molar-refractivity contribution in [3.8, 4) is 5.75 Å². The molecule has 2 aromatic rings. The van der Waals surface area contributed by atoms with Gasteiger partial charge in [-0.05, 0) is 26.0 Å². The summed E-state index contributed by atoms with van der Waals surface area (Å²) in [7, 11) is 2.04. The molecule has 0 aliphatic carbocycles. The fourth-order valence-corrected chi connectivity index (χ4v) is 2.44. The molecule has 1 heterocycles. The molecule has 1 aromatic carbocycles. The van der Waals surface area contributed by atoms with Gasteiger partial charge in [-0.3, -0.25) is 0 Å². The molecule has 0 radical (unpaired) electrons. The molecule has 1 unspecified atom stereocenters. The molecule has 0 saturated carbocycles. The van der Waals surface area contributed by atoms with Crippen LogP contribution in [0.2, 0.25) is 0 Å². The van der Waals surface area contributed by atoms with E-state index in [1.807, 2.05) is 38.5 Å². The Morgan fingerprint density at radius 1 is 1.29 bits per heavy atom. The Morgan fingerprint density at radius 2 is 2.10 bits per heavy atom. The minimum absolute atomic E-state index is 0.216. The Bertz CT molecular complexity index is 550. The van der Waals surface area contributed by atoms with Crippen molar-refractivity contribution in [1.29, 1.82) is 0 Å². The van der Waals surface area contributed by atoms with Gasteiger partial charge in [0.05, 0.1) is 6.61 Å². The molecule has 0 bridgehead atoms. The molecule has 1 atom stereocenters. The van der Waals surface area contributed by atoms with Gasteiger partial charge in [-0.15, -0.1) is 0 Å². The number of ether oxygens (including phenoxy) is 1. The third kappa shape index (κ3) is 4.08. The first-order valence-corrected chi connectivity index (χ1v) is 7.67. The number of para-hydroxylation sites is 1. The van der Waals surface area contributed by atoms with Crippen molar-refractivity contribution in [2.45, 2.75) is 32.7 Å². The summed E-state index contributed by atoms with van der Waals surface area (Å²) in [6.07, 6.45) is 5.79. The molecular weight excluding hydrogens is 262 g/mol. The van der Waals surface area contributed by atoms with E-state index in [-0.39, 0.29) is 6.04 Å². The van der Waals surface area contributed by atoms with Crippen LogP contribution in [0.5, 0.6) is 5.75 Å². The highest BCUT2D eigenvalue weighted by atomic mass is 16.5. The van der Waals surface area contributed by atoms with Crippen molar-refractivity contribution in [3.63, 3.8) is 0 Å². The largest absolute Gasteiger partial charge is 0.494 e. The highest BCUT2D eigenvalue weighted by molar-refractivity contribution is 5.36. The third-order valence-electron chi connectivity index (χ3n) is 3.54. The molecule has 0 aliphatic heterocycles. The van der Waals surface area contributed by atoms with Crippen LogP contribution < -0.4 is 10.1 Å². The zero-order valence-electron chi connectivity index (χ0n) is 13.2. The topological polar surface area (TPSA) is 39.1 Å². The minimum atomic E-state index is 0.216. The molecule has 1 aromatic heterocycles. The van der Waals surface area contributed by atoms with Crippen LogP contribution in [0.25, 0.3) is 0 Å². The second-order valence-corrected chi connectivity index (χ2v) is 5.14. The first kappa shape index (κ1) is 15.6. The van der Waals surface area contributed by atoms with Gasteiger partial charge in [0.1, 0.15) is 11.6 Å². The van der Waals surface area contributed by atoms with Gasteiger partial charge in [0.25, 0.3) is 0 Å². The molecule has 4 heteroatoms. The lowest BCUT2D eigenvalue weighted by atomic mass is 10.0. The van der Waals surface area contributed by atoms with E-state index in [2.05, 4.69) is 33.9 Å². The predicted octanol–water partition coefficient (Wildman–Crippen LogP) is 3.10. The van der Waals surface area contributed by atoms with Crippen LogP contribution in [0.4, 0.5) is 0 Å². The molecule has 0 aliphatic rings. The Balaban J connectivity index is 2.25. The summed E-state index contributed by atoms with van der Waals surface area (Å²) in [5.74, 6) is 2.04. The fraction of sp³-hybridized carbons (Fsp3) is 0.471. The highest BCUT2D eigenvalue weighted by Crippen LogP contribution is 2.27. The summed E-state index contributed by atoms with van der Waals surface area (Å²) in [6.45, 7) is 5.86. The number of imidazole rings is 1. The third-order valence-corrected chi connectivity index (χ3v) is 3.54. The number of rotatable bonds is 8. The second-order valence-electron chi connectivity index (χ2n) is 5.14. The van der Waals surface area contributed by atoms with Gasteiger partial charge < -0.3 is 14.6 Å². The number of benzene rings is 1. The smallest absolute Gasteiger partial charge is 0.124 e. The summed E-state index contributed by atoms with van der Waals surface area (Å²) in [5.41, 5.74) is 1.20. The van der Waals surface area contributed by atoms with Crippen molar-refractivity contribution in [1.82, 2.24) is 14.9 Å². The number of aromatic nitrogens is 2. The molecular formula is C17H25N3O. The number of nitrogens with one attached hydrogen (secondary N) is 1. The molecule has 0 amide bonds. The van der Waals surface area contributed by atoms with Crippen molar-refractivity contribution in [2.75, 3.05) is 13.2 Å². The maximum absolute atomic E-state index is 5.78.